The first-order chi connectivity index (χ1) is 7.67. The van der Waals surface area contributed by atoms with Gasteiger partial charge in [-0.15, -0.1) is 0 Å². The third kappa shape index (κ3) is 3.94. The molecule has 1 aromatic rings. The van der Waals surface area contributed by atoms with Crippen LogP contribution in [0.2, 0.25) is 0 Å². The maximum absolute atomic E-state index is 11.1. The Morgan fingerprint density at radius 1 is 1.75 bits per heavy atom. The molecule has 1 rings (SSSR count). The summed E-state index contributed by atoms with van der Waals surface area (Å²) in [6, 6.07) is 0. The van der Waals surface area contributed by atoms with E-state index in [4.69, 9.17) is 4.42 Å². The maximum Gasteiger partial charge on any atom is 0.320 e. The van der Waals surface area contributed by atoms with Crippen molar-refractivity contribution in [2.24, 2.45) is 0 Å². The van der Waals surface area contributed by atoms with E-state index in [9.17, 15) is 4.79 Å². The highest BCUT2D eigenvalue weighted by atomic mass is 79.9. The van der Waals surface area contributed by atoms with Crippen LogP contribution in [-0.2, 0) is 22.5 Å². The Morgan fingerprint density at radius 2 is 2.50 bits per heavy atom. The number of nitrogens with one attached hydrogen (secondary N) is 1. The molecule has 0 aliphatic carbocycles. The van der Waals surface area contributed by atoms with Gasteiger partial charge in [0.25, 0.3) is 0 Å². The Bertz CT molecular complexity index is 341. The van der Waals surface area contributed by atoms with Crippen LogP contribution < -0.4 is 5.32 Å². The van der Waals surface area contributed by atoms with Gasteiger partial charge in [-0.05, 0) is 0 Å². The molecule has 0 spiro atoms. The SMILES string of the molecule is CCc1cnc(CNCC(Br)C(=O)OC)o1. The van der Waals surface area contributed by atoms with Crippen molar-refractivity contribution < 1.29 is 13.9 Å². The second-order valence-corrected chi connectivity index (χ2v) is 4.30. The highest BCUT2D eigenvalue weighted by Crippen LogP contribution is 2.04. The molecule has 90 valence electrons. The Morgan fingerprint density at radius 3 is 3.06 bits per heavy atom. The van der Waals surface area contributed by atoms with Crippen LogP contribution in [-0.4, -0.2) is 29.4 Å². The minimum absolute atomic E-state index is 0.297. The normalized spacial score (nSPS) is 12.4. The number of alkyl halides is 1. The molecule has 1 unspecified atom stereocenters. The fourth-order valence-electron chi connectivity index (χ4n) is 1.11. The number of carbonyl (C=O) groups excluding carboxylic acids is 1. The van der Waals surface area contributed by atoms with Crippen molar-refractivity contribution in [3.63, 3.8) is 0 Å². The number of nitrogens with zero attached hydrogens (tertiary/aromatic N) is 1. The summed E-state index contributed by atoms with van der Waals surface area (Å²) >= 11 is 3.21. The van der Waals surface area contributed by atoms with E-state index in [0.29, 0.717) is 19.0 Å². The van der Waals surface area contributed by atoms with Gasteiger partial charge in [0.15, 0.2) is 0 Å². The third-order valence-corrected chi connectivity index (χ3v) is 2.70. The van der Waals surface area contributed by atoms with Crippen LogP contribution in [0.4, 0.5) is 0 Å². The first-order valence-electron chi connectivity index (χ1n) is 5.03. The van der Waals surface area contributed by atoms with Crippen molar-refractivity contribution in [3.8, 4) is 0 Å². The molecule has 0 aliphatic heterocycles. The van der Waals surface area contributed by atoms with Crippen molar-refractivity contribution in [2.75, 3.05) is 13.7 Å². The molecule has 5 nitrogen and oxygen atoms in total. The number of esters is 1. The molecule has 0 fully saturated rings. The van der Waals surface area contributed by atoms with Crippen LogP contribution in [0.1, 0.15) is 18.6 Å². The smallest absolute Gasteiger partial charge is 0.320 e. The molecule has 1 heterocycles. The van der Waals surface area contributed by atoms with Gasteiger partial charge in [-0.1, -0.05) is 22.9 Å². The molecule has 1 N–H and O–H groups in total. The van der Waals surface area contributed by atoms with E-state index in [1.807, 2.05) is 6.92 Å². The lowest BCUT2D eigenvalue weighted by atomic mass is 10.4. The standard InChI is InChI=1S/C10H15BrN2O3/c1-3-7-4-13-9(16-7)6-12-5-8(11)10(14)15-2/h4,8,12H,3,5-6H2,1-2H3. The summed E-state index contributed by atoms with van der Waals surface area (Å²) < 4.78 is 9.97. The average molecular weight is 291 g/mol. The van der Waals surface area contributed by atoms with Gasteiger partial charge >= 0.3 is 5.97 Å². The van der Waals surface area contributed by atoms with Gasteiger partial charge in [0, 0.05) is 13.0 Å². The maximum atomic E-state index is 11.1. The summed E-state index contributed by atoms with van der Waals surface area (Å²) in [6.45, 7) is 2.97. The van der Waals surface area contributed by atoms with Gasteiger partial charge < -0.3 is 14.5 Å². The monoisotopic (exact) mass is 290 g/mol. The number of aromatic nitrogens is 1. The van der Waals surface area contributed by atoms with E-state index in [0.717, 1.165) is 12.2 Å². The average Bonchev–Trinajstić information content (AvgIpc) is 2.75. The minimum atomic E-state index is -0.349. The van der Waals surface area contributed by atoms with E-state index < -0.39 is 0 Å². The van der Waals surface area contributed by atoms with Gasteiger partial charge in [0.2, 0.25) is 5.89 Å². The van der Waals surface area contributed by atoms with E-state index in [2.05, 4.69) is 31.0 Å². The largest absolute Gasteiger partial charge is 0.468 e. The number of hydrogen-bond acceptors (Lipinski definition) is 5. The zero-order valence-corrected chi connectivity index (χ0v) is 10.9. The topological polar surface area (TPSA) is 64.4 Å². The lowest BCUT2D eigenvalue weighted by Crippen LogP contribution is -2.29. The van der Waals surface area contributed by atoms with E-state index in [-0.39, 0.29) is 10.8 Å². The molecule has 1 aromatic heterocycles. The van der Waals surface area contributed by atoms with Crippen molar-refractivity contribution in [1.29, 1.82) is 0 Å². The summed E-state index contributed by atoms with van der Waals surface area (Å²) in [7, 11) is 1.36. The number of aryl methyl sites for hydroxylation is 1. The van der Waals surface area contributed by atoms with Crippen LogP contribution in [0.15, 0.2) is 10.6 Å². The molecule has 16 heavy (non-hydrogen) atoms. The second-order valence-electron chi connectivity index (χ2n) is 3.20. The van der Waals surface area contributed by atoms with Crippen molar-refractivity contribution in [3.05, 3.63) is 17.8 Å². The Balaban J connectivity index is 2.27. The molecular formula is C10H15BrN2O3. The predicted octanol–water partition coefficient (Wildman–Crippen LogP) is 1.26. The molecule has 0 bridgehead atoms. The minimum Gasteiger partial charge on any atom is -0.468 e. The molecule has 0 saturated heterocycles. The van der Waals surface area contributed by atoms with E-state index in [1.165, 1.54) is 7.11 Å². The Labute approximate surface area is 103 Å². The van der Waals surface area contributed by atoms with Crippen LogP contribution in [0.25, 0.3) is 0 Å². The lowest BCUT2D eigenvalue weighted by Gasteiger charge is -2.07. The first kappa shape index (κ1) is 13.2. The van der Waals surface area contributed by atoms with Crippen LogP contribution in [0, 0.1) is 0 Å². The van der Waals surface area contributed by atoms with Crippen molar-refractivity contribution >= 4 is 21.9 Å². The third-order valence-electron chi connectivity index (χ3n) is 2.01. The van der Waals surface area contributed by atoms with Crippen LogP contribution >= 0.6 is 15.9 Å². The molecular weight excluding hydrogens is 276 g/mol. The van der Waals surface area contributed by atoms with E-state index in [1.54, 1.807) is 6.20 Å². The number of carbonyl (C=O) groups is 1. The molecule has 0 saturated carbocycles. The Kier molecular flexibility index (Phi) is 5.48. The van der Waals surface area contributed by atoms with Gasteiger partial charge in [0.05, 0.1) is 19.9 Å². The lowest BCUT2D eigenvalue weighted by molar-refractivity contribution is -0.139. The van der Waals surface area contributed by atoms with Gasteiger partial charge in [-0.3, -0.25) is 4.79 Å². The number of rotatable bonds is 6. The molecule has 0 aromatic carbocycles. The molecule has 1 atom stereocenters. The fraction of sp³-hybridized carbons (Fsp3) is 0.600. The summed E-state index contributed by atoms with van der Waals surface area (Å²) in [5, 5.41) is 3.05. The van der Waals surface area contributed by atoms with Crippen molar-refractivity contribution in [2.45, 2.75) is 24.7 Å². The summed E-state index contributed by atoms with van der Waals surface area (Å²) in [4.78, 5) is 14.8. The quantitative estimate of drug-likeness (QED) is 0.631. The number of ether oxygens (including phenoxy) is 1. The molecule has 0 aliphatic rings. The zero-order valence-electron chi connectivity index (χ0n) is 9.33. The predicted molar refractivity (Wildman–Crippen MR) is 62.3 cm³/mol. The van der Waals surface area contributed by atoms with Gasteiger partial charge in [0.1, 0.15) is 10.6 Å². The molecule has 0 radical (unpaired) electrons. The number of hydrogen-bond donors (Lipinski definition) is 1. The zero-order chi connectivity index (χ0) is 12.0. The number of methoxy groups -OCH3 is 1. The highest BCUT2D eigenvalue weighted by molar-refractivity contribution is 9.10. The van der Waals surface area contributed by atoms with Crippen molar-refractivity contribution in [1.82, 2.24) is 10.3 Å². The summed E-state index contributed by atoms with van der Waals surface area (Å²) in [6.07, 6.45) is 2.54. The Hall–Kier alpha value is -0.880. The highest BCUT2D eigenvalue weighted by Gasteiger charge is 2.14. The summed E-state index contributed by atoms with van der Waals surface area (Å²) in [5.74, 6) is 1.19. The number of oxazole rings is 1. The molecule has 6 heteroatoms. The molecule has 0 amide bonds. The van der Waals surface area contributed by atoms with Gasteiger partial charge in [-0.2, -0.15) is 0 Å². The second kappa shape index (κ2) is 6.65. The fourth-order valence-corrected chi connectivity index (χ4v) is 1.53. The van der Waals surface area contributed by atoms with Gasteiger partial charge in [-0.25, -0.2) is 4.98 Å². The number of halogens is 1. The van der Waals surface area contributed by atoms with Crippen LogP contribution in [0.5, 0.6) is 0 Å². The first-order valence-corrected chi connectivity index (χ1v) is 5.95. The van der Waals surface area contributed by atoms with E-state index >= 15 is 0 Å². The summed E-state index contributed by atoms with van der Waals surface area (Å²) in [5.41, 5.74) is 0. The van der Waals surface area contributed by atoms with Crippen LogP contribution in [0.3, 0.4) is 0 Å².